The summed E-state index contributed by atoms with van der Waals surface area (Å²) in [6.45, 7) is 2.21. The normalized spacial score (nSPS) is 12.2. The highest BCUT2D eigenvalue weighted by molar-refractivity contribution is 6.30. The number of aryl methyl sites for hydroxylation is 1. The van der Waals surface area contributed by atoms with Crippen LogP contribution in [0.2, 0.25) is 0 Å². The average molecular weight is 316 g/mol. The molecule has 25 heavy (non-hydrogen) atoms. The molecular formula is C25H16. The lowest BCUT2D eigenvalue weighted by molar-refractivity contribution is 1.54. The molecule has 0 unspecified atom stereocenters. The van der Waals surface area contributed by atoms with Crippen LogP contribution >= 0.6 is 0 Å². The molecule has 0 spiro atoms. The molecule has 1 aliphatic carbocycles. The lowest BCUT2D eigenvalue weighted by Crippen LogP contribution is -1.85. The highest BCUT2D eigenvalue weighted by atomic mass is 14.3. The van der Waals surface area contributed by atoms with E-state index in [0.29, 0.717) is 0 Å². The van der Waals surface area contributed by atoms with E-state index >= 15 is 0 Å². The van der Waals surface area contributed by atoms with Crippen LogP contribution in [-0.2, 0) is 0 Å². The Morgan fingerprint density at radius 3 is 1.60 bits per heavy atom. The van der Waals surface area contributed by atoms with Gasteiger partial charge in [0.05, 0.1) is 0 Å². The summed E-state index contributed by atoms with van der Waals surface area (Å²) in [6, 6.07) is 29.0. The molecule has 0 fully saturated rings. The SMILES string of the molecule is Cc1ccc2c3c(cccc13)-c1c-2c2ccccc2c2ccccc12. The maximum absolute atomic E-state index is 2.31. The van der Waals surface area contributed by atoms with Crippen molar-refractivity contribution in [1.29, 1.82) is 0 Å². The molecule has 0 bridgehead atoms. The van der Waals surface area contributed by atoms with Gasteiger partial charge in [0.15, 0.2) is 0 Å². The van der Waals surface area contributed by atoms with Crippen LogP contribution in [-0.4, -0.2) is 0 Å². The van der Waals surface area contributed by atoms with Gasteiger partial charge in [0.1, 0.15) is 0 Å². The van der Waals surface area contributed by atoms with Crippen molar-refractivity contribution in [2.45, 2.75) is 6.92 Å². The fraction of sp³-hybridized carbons (Fsp3) is 0.0400. The van der Waals surface area contributed by atoms with Gasteiger partial charge in [-0.25, -0.2) is 0 Å². The second kappa shape index (κ2) is 4.49. The summed E-state index contributed by atoms with van der Waals surface area (Å²) < 4.78 is 0. The molecule has 5 aromatic carbocycles. The second-order valence-corrected chi connectivity index (χ2v) is 7.00. The van der Waals surface area contributed by atoms with Crippen LogP contribution in [0.15, 0.2) is 78.9 Å². The number of benzene rings is 5. The van der Waals surface area contributed by atoms with E-state index in [1.165, 1.54) is 60.1 Å². The summed E-state index contributed by atoms with van der Waals surface area (Å²) in [4.78, 5) is 0. The molecule has 0 saturated heterocycles. The van der Waals surface area contributed by atoms with Gasteiger partial charge in [0, 0.05) is 0 Å². The first kappa shape index (κ1) is 13.2. The molecule has 6 rings (SSSR count). The summed E-state index contributed by atoms with van der Waals surface area (Å²) >= 11 is 0. The molecule has 0 saturated carbocycles. The molecule has 0 heteroatoms. The minimum atomic E-state index is 1.35. The van der Waals surface area contributed by atoms with Gasteiger partial charge in [-0.3, -0.25) is 0 Å². The predicted molar refractivity (Wildman–Crippen MR) is 108 cm³/mol. The molecule has 0 atom stereocenters. The Labute approximate surface area is 146 Å². The molecule has 0 nitrogen and oxygen atoms in total. The molecule has 0 N–H and O–H groups in total. The quantitative estimate of drug-likeness (QED) is 0.262. The smallest absolute Gasteiger partial charge is 0.00137 e. The predicted octanol–water partition coefficient (Wildman–Crippen LogP) is 7.10. The van der Waals surface area contributed by atoms with Gasteiger partial charge in [-0.15, -0.1) is 0 Å². The van der Waals surface area contributed by atoms with Crippen LogP contribution in [0, 0.1) is 6.92 Å². The van der Waals surface area contributed by atoms with E-state index in [0.717, 1.165) is 0 Å². The van der Waals surface area contributed by atoms with Crippen LogP contribution in [0.1, 0.15) is 5.56 Å². The van der Waals surface area contributed by atoms with Crippen LogP contribution in [0.5, 0.6) is 0 Å². The Kier molecular flexibility index (Phi) is 2.37. The van der Waals surface area contributed by atoms with E-state index in [1.807, 2.05) is 0 Å². The fourth-order valence-corrected chi connectivity index (χ4v) is 4.67. The summed E-state index contributed by atoms with van der Waals surface area (Å²) in [7, 11) is 0. The Hall–Kier alpha value is -3.12. The number of fused-ring (bicyclic) bond motifs is 8. The molecule has 0 aliphatic heterocycles. The van der Waals surface area contributed by atoms with E-state index < -0.39 is 0 Å². The molecule has 116 valence electrons. The Morgan fingerprint density at radius 2 is 0.960 bits per heavy atom. The van der Waals surface area contributed by atoms with Crippen LogP contribution in [0.3, 0.4) is 0 Å². The third kappa shape index (κ3) is 1.52. The van der Waals surface area contributed by atoms with Gasteiger partial charge in [-0.2, -0.15) is 0 Å². The minimum absolute atomic E-state index is 1.35. The van der Waals surface area contributed by atoms with Crippen molar-refractivity contribution in [2.75, 3.05) is 0 Å². The molecule has 1 aliphatic rings. The first-order valence-corrected chi connectivity index (χ1v) is 8.81. The lowest BCUT2D eigenvalue weighted by atomic mass is 9.90. The third-order valence-electron chi connectivity index (χ3n) is 5.73. The average Bonchev–Trinajstić information content (AvgIpc) is 3.01. The zero-order valence-corrected chi connectivity index (χ0v) is 14.0. The monoisotopic (exact) mass is 316 g/mol. The van der Waals surface area contributed by atoms with Gasteiger partial charge in [-0.1, -0.05) is 78.9 Å². The van der Waals surface area contributed by atoms with Crippen molar-refractivity contribution in [1.82, 2.24) is 0 Å². The van der Waals surface area contributed by atoms with E-state index in [2.05, 4.69) is 85.8 Å². The molecule has 0 heterocycles. The van der Waals surface area contributed by atoms with Crippen molar-refractivity contribution in [3.05, 3.63) is 84.4 Å². The van der Waals surface area contributed by atoms with Crippen LogP contribution in [0.25, 0.3) is 54.6 Å². The molecule has 5 aromatic rings. The van der Waals surface area contributed by atoms with Gasteiger partial charge >= 0.3 is 0 Å². The maximum Gasteiger partial charge on any atom is -0.00137 e. The topological polar surface area (TPSA) is 0 Å². The first-order chi connectivity index (χ1) is 12.3. The zero-order valence-electron chi connectivity index (χ0n) is 14.0. The zero-order chi connectivity index (χ0) is 16.5. The van der Waals surface area contributed by atoms with E-state index in [1.54, 1.807) is 0 Å². The van der Waals surface area contributed by atoms with Crippen molar-refractivity contribution >= 4 is 32.3 Å². The van der Waals surface area contributed by atoms with Crippen molar-refractivity contribution in [2.24, 2.45) is 0 Å². The Balaban J connectivity index is 1.99. The first-order valence-electron chi connectivity index (χ1n) is 8.81. The van der Waals surface area contributed by atoms with E-state index in [-0.39, 0.29) is 0 Å². The highest BCUT2D eigenvalue weighted by Gasteiger charge is 2.26. The highest BCUT2D eigenvalue weighted by Crippen LogP contribution is 2.53. The third-order valence-corrected chi connectivity index (χ3v) is 5.73. The molecule has 0 radical (unpaired) electrons. The van der Waals surface area contributed by atoms with Crippen LogP contribution in [0.4, 0.5) is 0 Å². The van der Waals surface area contributed by atoms with E-state index in [9.17, 15) is 0 Å². The fourth-order valence-electron chi connectivity index (χ4n) is 4.67. The van der Waals surface area contributed by atoms with Crippen LogP contribution < -0.4 is 0 Å². The van der Waals surface area contributed by atoms with Crippen molar-refractivity contribution < 1.29 is 0 Å². The van der Waals surface area contributed by atoms with Gasteiger partial charge in [-0.05, 0) is 67.1 Å². The minimum Gasteiger partial charge on any atom is -0.0616 e. The second-order valence-electron chi connectivity index (χ2n) is 7.00. The summed E-state index contributed by atoms with van der Waals surface area (Å²) in [5.41, 5.74) is 6.92. The number of hydrogen-bond donors (Lipinski definition) is 0. The summed E-state index contributed by atoms with van der Waals surface area (Å²) in [5.74, 6) is 0. The largest absolute Gasteiger partial charge is 0.0616 e. The number of hydrogen-bond acceptors (Lipinski definition) is 0. The number of rotatable bonds is 0. The summed E-state index contributed by atoms with van der Waals surface area (Å²) in [6.07, 6.45) is 0. The maximum atomic E-state index is 2.31. The van der Waals surface area contributed by atoms with Crippen molar-refractivity contribution in [3.63, 3.8) is 0 Å². The standard InChI is InChI=1S/C25H16/c1-15-13-14-22-23-16(15)11-6-12-21(23)24-19-9-4-2-7-17(19)18-8-3-5-10-20(18)25(22)24/h2-14H,1H3. The molecule has 0 aromatic heterocycles. The van der Waals surface area contributed by atoms with Gasteiger partial charge in [0.2, 0.25) is 0 Å². The molecule has 0 amide bonds. The molecular weight excluding hydrogens is 300 g/mol. The van der Waals surface area contributed by atoms with Crippen molar-refractivity contribution in [3.8, 4) is 22.3 Å². The van der Waals surface area contributed by atoms with E-state index in [4.69, 9.17) is 0 Å². The Bertz CT molecular complexity index is 1270. The van der Waals surface area contributed by atoms with Gasteiger partial charge < -0.3 is 0 Å². The summed E-state index contributed by atoms with van der Waals surface area (Å²) in [5, 5.41) is 8.20. The lowest BCUT2D eigenvalue weighted by Gasteiger charge is -2.13. The van der Waals surface area contributed by atoms with Gasteiger partial charge in [0.25, 0.3) is 0 Å². The Morgan fingerprint density at radius 1 is 0.440 bits per heavy atom.